The van der Waals surface area contributed by atoms with Crippen molar-refractivity contribution in [2.24, 2.45) is 5.73 Å². The van der Waals surface area contributed by atoms with Gasteiger partial charge in [-0.1, -0.05) is 12.1 Å². The molecule has 4 aromatic rings. The highest BCUT2D eigenvalue weighted by molar-refractivity contribution is 5.94. The minimum absolute atomic E-state index is 0.534. The number of nitrogens with two attached hydrogens (primary N) is 1. The summed E-state index contributed by atoms with van der Waals surface area (Å²) in [6.07, 6.45) is 10.3. The number of hydrogen-bond acceptors (Lipinski definition) is 8. The Bertz CT molecular complexity index is 1030. The van der Waals surface area contributed by atoms with E-state index in [0.29, 0.717) is 24.9 Å². The van der Waals surface area contributed by atoms with E-state index < -0.39 is 0 Å². The summed E-state index contributed by atoms with van der Waals surface area (Å²) >= 11 is 0. The molecule has 4 rings (SSSR count). The van der Waals surface area contributed by atoms with Gasteiger partial charge in [0.2, 0.25) is 5.95 Å². The van der Waals surface area contributed by atoms with Gasteiger partial charge in [-0.15, -0.1) is 0 Å². The first-order valence-corrected chi connectivity index (χ1v) is 8.51. The minimum atomic E-state index is 0.534. The first kappa shape index (κ1) is 16.8. The van der Waals surface area contributed by atoms with E-state index in [1.807, 2.05) is 24.3 Å². The molecule has 0 aliphatic heterocycles. The van der Waals surface area contributed by atoms with Crippen LogP contribution in [0.1, 0.15) is 0 Å². The Morgan fingerprint density at radius 3 is 2.52 bits per heavy atom. The Morgan fingerprint density at radius 2 is 1.74 bits per heavy atom. The van der Waals surface area contributed by atoms with Gasteiger partial charge in [-0.2, -0.15) is 0 Å². The molecule has 0 spiro atoms. The lowest BCUT2D eigenvalue weighted by Crippen LogP contribution is -2.14. The van der Waals surface area contributed by atoms with Crippen LogP contribution in [0.25, 0.3) is 22.0 Å². The molecular weight excluding hydrogens is 340 g/mol. The summed E-state index contributed by atoms with van der Waals surface area (Å²) < 4.78 is 0. The van der Waals surface area contributed by atoms with Crippen LogP contribution < -0.4 is 16.4 Å². The van der Waals surface area contributed by atoms with Crippen LogP contribution in [0, 0.1) is 0 Å². The van der Waals surface area contributed by atoms with Gasteiger partial charge in [-0.3, -0.25) is 9.97 Å². The quantitative estimate of drug-likeness (QED) is 0.482. The SMILES string of the molecule is NCCNc1ncc(-c2ccc3c(Nc4cnccn4)ccnc3c2)cn1. The van der Waals surface area contributed by atoms with Gasteiger partial charge in [0.25, 0.3) is 0 Å². The van der Waals surface area contributed by atoms with E-state index in [1.54, 1.807) is 37.2 Å². The zero-order chi connectivity index (χ0) is 18.5. The lowest BCUT2D eigenvalue weighted by atomic mass is 10.1. The van der Waals surface area contributed by atoms with Crippen LogP contribution in [-0.2, 0) is 0 Å². The molecule has 134 valence electrons. The van der Waals surface area contributed by atoms with Crippen molar-refractivity contribution in [1.29, 1.82) is 0 Å². The molecular formula is C19H18N8. The van der Waals surface area contributed by atoms with E-state index in [1.165, 1.54) is 0 Å². The third kappa shape index (κ3) is 3.80. The second kappa shape index (κ2) is 7.71. The summed E-state index contributed by atoms with van der Waals surface area (Å²) in [5.41, 5.74) is 9.18. The molecule has 3 aromatic heterocycles. The van der Waals surface area contributed by atoms with Gasteiger partial charge in [-0.25, -0.2) is 15.0 Å². The lowest BCUT2D eigenvalue weighted by molar-refractivity contribution is 0.990. The van der Waals surface area contributed by atoms with Crippen LogP contribution in [-0.4, -0.2) is 38.0 Å². The smallest absolute Gasteiger partial charge is 0.222 e. The van der Waals surface area contributed by atoms with Crippen molar-refractivity contribution in [3.63, 3.8) is 0 Å². The second-order valence-corrected chi connectivity index (χ2v) is 5.82. The number of anilines is 3. The zero-order valence-corrected chi connectivity index (χ0v) is 14.5. The van der Waals surface area contributed by atoms with Crippen LogP contribution in [0.3, 0.4) is 0 Å². The van der Waals surface area contributed by atoms with Gasteiger partial charge in [0.15, 0.2) is 0 Å². The number of nitrogens with zero attached hydrogens (tertiary/aromatic N) is 5. The van der Waals surface area contributed by atoms with Crippen molar-refractivity contribution >= 4 is 28.4 Å². The molecule has 8 nitrogen and oxygen atoms in total. The fourth-order valence-electron chi connectivity index (χ4n) is 2.69. The molecule has 0 aliphatic rings. The molecule has 0 atom stereocenters. The standard InChI is InChI=1S/C19H18N8/c20-4-6-24-19-25-10-14(11-26-19)13-1-2-15-16(3-5-22-17(15)9-13)27-18-12-21-7-8-23-18/h1-3,5,7-12H,4,6,20H2,(H,22,23,27)(H,24,25,26). The maximum Gasteiger partial charge on any atom is 0.222 e. The Morgan fingerprint density at radius 1 is 0.852 bits per heavy atom. The van der Waals surface area contributed by atoms with Crippen LogP contribution in [0.2, 0.25) is 0 Å². The van der Waals surface area contributed by atoms with E-state index in [4.69, 9.17) is 5.73 Å². The van der Waals surface area contributed by atoms with Gasteiger partial charge in [0.05, 0.1) is 17.4 Å². The molecule has 4 N–H and O–H groups in total. The highest BCUT2D eigenvalue weighted by atomic mass is 15.1. The van der Waals surface area contributed by atoms with Crippen LogP contribution in [0.4, 0.5) is 17.5 Å². The van der Waals surface area contributed by atoms with Crippen LogP contribution >= 0.6 is 0 Å². The predicted molar refractivity (Wildman–Crippen MR) is 106 cm³/mol. The van der Waals surface area contributed by atoms with E-state index in [0.717, 1.165) is 27.7 Å². The first-order chi connectivity index (χ1) is 13.3. The minimum Gasteiger partial charge on any atom is -0.353 e. The largest absolute Gasteiger partial charge is 0.353 e. The summed E-state index contributed by atoms with van der Waals surface area (Å²) in [6.45, 7) is 1.17. The molecule has 0 bridgehead atoms. The summed E-state index contributed by atoms with van der Waals surface area (Å²) in [5.74, 6) is 1.25. The maximum absolute atomic E-state index is 5.47. The van der Waals surface area contributed by atoms with Gasteiger partial charge < -0.3 is 16.4 Å². The van der Waals surface area contributed by atoms with Crippen molar-refractivity contribution in [1.82, 2.24) is 24.9 Å². The summed E-state index contributed by atoms with van der Waals surface area (Å²) in [6, 6.07) is 7.98. The van der Waals surface area contributed by atoms with Crippen molar-refractivity contribution in [3.8, 4) is 11.1 Å². The number of fused-ring (bicyclic) bond motifs is 1. The number of benzene rings is 1. The fraction of sp³-hybridized carbons (Fsp3) is 0.105. The molecule has 0 radical (unpaired) electrons. The predicted octanol–water partition coefficient (Wildman–Crippen LogP) is 2.60. The Balaban J connectivity index is 1.63. The highest BCUT2D eigenvalue weighted by Crippen LogP contribution is 2.28. The monoisotopic (exact) mass is 358 g/mol. The third-order valence-electron chi connectivity index (χ3n) is 3.98. The molecule has 0 fully saturated rings. The summed E-state index contributed by atoms with van der Waals surface area (Å²) in [7, 11) is 0. The highest BCUT2D eigenvalue weighted by Gasteiger charge is 2.07. The normalized spacial score (nSPS) is 10.7. The lowest BCUT2D eigenvalue weighted by Gasteiger charge is -2.10. The molecule has 8 heteroatoms. The van der Waals surface area contributed by atoms with E-state index >= 15 is 0 Å². The Hall–Kier alpha value is -3.65. The third-order valence-corrected chi connectivity index (χ3v) is 3.98. The fourth-order valence-corrected chi connectivity index (χ4v) is 2.69. The number of nitrogens with one attached hydrogen (secondary N) is 2. The zero-order valence-electron chi connectivity index (χ0n) is 14.5. The molecule has 0 amide bonds. The van der Waals surface area contributed by atoms with Gasteiger partial charge >= 0.3 is 0 Å². The van der Waals surface area contributed by atoms with Crippen molar-refractivity contribution in [3.05, 3.63) is 61.4 Å². The topological polar surface area (TPSA) is 115 Å². The molecule has 27 heavy (non-hydrogen) atoms. The van der Waals surface area contributed by atoms with Crippen molar-refractivity contribution in [2.45, 2.75) is 0 Å². The van der Waals surface area contributed by atoms with Crippen LogP contribution in [0.15, 0.2) is 61.4 Å². The average molecular weight is 358 g/mol. The molecule has 0 saturated carbocycles. The van der Waals surface area contributed by atoms with E-state index in [-0.39, 0.29) is 0 Å². The maximum atomic E-state index is 5.47. The second-order valence-electron chi connectivity index (χ2n) is 5.82. The average Bonchev–Trinajstić information content (AvgIpc) is 2.73. The number of pyridine rings is 1. The van der Waals surface area contributed by atoms with Gasteiger partial charge in [0, 0.05) is 55.0 Å². The molecule has 1 aromatic carbocycles. The number of rotatable bonds is 6. The number of hydrogen-bond donors (Lipinski definition) is 3. The van der Waals surface area contributed by atoms with Crippen LogP contribution in [0.5, 0.6) is 0 Å². The van der Waals surface area contributed by atoms with Gasteiger partial charge in [-0.05, 0) is 17.7 Å². The summed E-state index contributed by atoms with van der Waals surface area (Å²) in [4.78, 5) is 21.5. The molecule has 0 unspecified atom stereocenters. The van der Waals surface area contributed by atoms with Crippen molar-refractivity contribution in [2.75, 3.05) is 23.7 Å². The molecule has 3 heterocycles. The Kier molecular flexibility index (Phi) is 4.80. The van der Waals surface area contributed by atoms with E-state index in [9.17, 15) is 0 Å². The first-order valence-electron chi connectivity index (χ1n) is 8.51. The number of aromatic nitrogens is 5. The summed E-state index contributed by atoms with van der Waals surface area (Å²) in [5, 5.41) is 7.33. The molecule has 0 saturated heterocycles. The Labute approximate surface area is 155 Å². The molecule has 0 aliphatic carbocycles. The van der Waals surface area contributed by atoms with E-state index in [2.05, 4.69) is 35.6 Å². The van der Waals surface area contributed by atoms with Crippen molar-refractivity contribution < 1.29 is 0 Å². The van der Waals surface area contributed by atoms with Gasteiger partial charge in [0.1, 0.15) is 5.82 Å².